The molecule has 0 saturated heterocycles. The van der Waals surface area contributed by atoms with Gasteiger partial charge in [0.1, 0.15) is 0 Å². The molecule has 2 nitrogen and oxygen atoms in total. The highest BCUT2D eigenvalue weighted by Gasteiger charge is 2.19. The van der Waals surface area contributed by atoms with Crippen molar-refractivity contribution in [1.82, 2.24) is 9.13 Å². The molecule has 222 valence electrons. The van der Waals surface area contributed by atoms with Gasteiger partial charge in [-0.3, -0.25) is 0 Å². The molecule has 2 aromatic heterocycles. The SMILES string of the molecule is c1cc2cc(-n3c4ccccc4c4ccccc43)c3cccc4cc(-c5ccc(-n6c7ccccc7c7ccccc76)cc5)c(c1)c2c43. The number of fused-ring (bicyclic) bond motifs is 6. The summed E-state index contributed by atoms with van der Waals surface area (Å²) in [6.45, 7) is 0. The van der Waals surface area contributed by atoms with E-state index in [0.29, 0.717) is 0 Å². The number of para-hydroxylation sites is 4. The van der Waals surface area contributed by atoms with Crippen LogP contribution in [0, 0.1) is 0 Å². The highest BCUT2D eigenvalue weighted by atomic mass is 15.0. The van der Waals surface area contributed by atoms with Gasteiger partial charge in [0.05, 0.1) is 27.8 Å². The minimum absolute atomic E-state index is 1.17. The Bertz CT molecular complexity index is 2940. The van der Waals surface area contributed by atoms with Crippen molar-refractivity contribution in [3.63, 3.8) is 0 Å². The van der Waals surface area contributed by atoms with Gasteiger partial charge in [-0.05, 0) is 86.6 Å². The largest absolute Gasteiger partial charge is 0.309 e. The fraction of sp³-hybridized carbons (Fsp3) is 0. The van der Waals surface area contributed by atoms with E-state index in [9.17, 15) is 0 Å². The molecule has 0 aliphatic heterocycles. The van der Waals surface area contributed by atoms with Crippen LogP contribution in [0.3, 0.4) is 0 Å². The van der Waals surface area contributed by atoms with E-state index in [-0.39, 0.29) is 0 Å². The number of benzene rings is 9. The average molecular weight is 609 g/mol. The Kier molecular flexibility index (Phi) is 5.14. The molecule has 11 aromatic rings. The Labute approximate surface area is 276 Å². The van der Waals surface area contributed by atoms with Gasteiger partial charge in [0.15, 0.2) is 0 Å². The summed E-state index contributed by atoms with van der Waals surface area (Å²) >= 11 is 0. The van der Waals surface area contributed by atoms with Crippen LogP contribution in [0.25, 0.3) is 98.4 Å². The maximum Gasteiger partial charge on any atom is 0.0547 e. The predicted molar refractivity (Wildman–Crippen MR) is 204 cm³/mol. The molecule has 0 aliphatic carbocycles. The summed E-state index contributed by atoms with van der Waals surface area (Å²) in [5.41, 5.74) is 9.81. The quantitative estimate of drug-likeness (QED) is 0.177. The number of aromatic nitrogens is 2. The van der Waals surface area contributed by atoms with Crippen LogP contribution >= 0.6 is 0 Å². The summed E-state index contributed by atoms with van der Waals surface area (Å²) < 4.78 is 4.85. The molecule has 9 aromatic carbocycles. The molecule has 11 rings (SSSR count). The Morgan fingerprint density at radius 2 is 0.750 bits per heavy atom. The molecule has 0 atom stereocenters. The van der Waals surface area contributed by atoms with Gasteiger partial charge in [-0.1, -0.05) is 121 Å². The Hall–Kier alpha value is -6.38. The molecular formula is C46H28N2. The topological polar surface area (TPSA) is 9.86 Å². The number of rotatable bonds is 3. The first-order valence-corrected chi connectivity index (χ1v) is 16.6. The van der Waals surface area contributed by atoms with Crippen molar-refractivity contribution in [2.24, 2.45) is 0 Å². The van der Waals surface area contributed by atoms with E-state index in [4.69, 9.17) is 0 Å². The standard InChI is InChI=1S/C46H28N2/c1-5-19-40-33(13-1)34-14-2-6-20-41(34)47(40)32-25-23-29(24-26-32)39-27-30-11-10-18-38-44(28-31-12-9-17-37(39)45(31)46(30)38)48-42-21-7-3-15-35(42)36-16-4-8-22-43(36)48/h1-28H. The van der Waals surface area contributed by atoms with E-state index in [1.54, 1.807) is 0 Å². The molecule has 0 fully saturated rings. The van der Waals surface area contributed by atoms with E-state index in [2.05, 4.69) is 179 Å². The van der Waals surface area contributed by atoms with Crippen LogP contribution < -0.4 is 0 Å². The van der Waals surface area contributed by atoms with Crippen LogP contribution in [0.1, 0.15) is 0 Å². The lowest BCUT2D eigenvalue weighted by molar-refractivity contribution is 1.18. The van der Waals surface area contributed by atoms with Gasteiger partial charge in [-0.15, -0.1) is 0 Å². The number of hydrogen-bond acceptors (Lipinski definition) is 0. The van der Waals surface area contributed by atoms with Crippen molar-refractivity contribution in [2.75, 3.05) is 0 Å². The normalized spacial score (nSPS) is 12.2. The first-order chi connectivity index (χ1) is 23.8. The first kappa shape index (κ1) is 25.8. The van der Waals surface area contributed by atoms with Gasteiger partial charge in [0.25, 0.3) is 0 Å². The van der Waals surface area contributed by atoms with Crippen molar-refractivity contribution in [1.29, 1.82) is 0 Å². The van der Waals surface area contributed by atoms with E-state index < -0.39 is 0 Å². The molecule has 0 radical (unpaired) electrons. The highest BCUT2D eigenvalue weighted by molar-refractivity contribution is 6.28. The van der Waals surface area contributed by atoms with Gasteiger partial charge < -0.3 is 9.13 Å². The molecule has 0 amide bonds. The third-order valence-electron chi connectivity index (χ3n) is 10.4. The summed E-state index contributed by atoms with van der Waals surface area (Å²) in [4.78, 5) is 0. The Morgan fingerprint density at radius 3 is 1.31 bits per heavy atom. The fourth-order valence-electron chi connectivity index (χ4n) is 8.43. The molecule has 0 saturated carbocycles. The van der Waals surface area contributed by atoms with Gasteiger partial charge in [-0.25, -0.2) is 0 Å². The zero-order chi connectivity index (χ0) is 31.3. The predicted octanol–water partition coefficient (Wildman–Crippen LogP) is 12.4. The van der Waals surface area contributed by atoms with Gasteiger partial charge in [0, 0.05) is 32.6 Å². The molecular weight excluding hydrogens is 581 g/mol. The molecule has 48 heavy (non-hydrogen) atoms. The lowest BCUT2D eigenvalue weighted by atomic mass is 9.88. The fourth-order valence-corrected chi connectivity index (χ4v) is 8.43. The van der Waals surface area contributed by atoms with Crippen molar-refractivity contribution < 1.29 is 0 Å². The van der Waals surface area contributed by atoms with Crippen LogP contribution in [0.2, 0.25) is 0 Å². The summed E-state index contributed by atoms with van der Waals surface area (Å²) in [5, 5.41) is 12.9. The highest BCUT2D eigenvalue weighted by Crippen LogP contribution is 2.44. The van der Waals surface area contributed by atoms with Crippen molar-refractivity contribution in [3.05, 3.63) is 170 Å². The van der Waals surface area contributed by atoms with Crippen LogP contribution in [-0.4, -0.2) is 9.13 Å². The average Bonchev–Trinajstić information content (AvgIpc) is 3.67. The number of nitrogens with zero attached hydrogens (tertiary/aromatic N) is 2. The smallest absolute Gasteiger partial charge is 0.0547 e. The van der Waals surface area contributed by atoms with E-state index in [1.165, 1.54) is 98.4 Å². The first-order valence-electron chi connectivity index (χ1n) is 16.6. The third-order valence-corrected chi connectivity index (χ3v) is 10.4. The summed E-state index contributed by atoms with van der Waals surface area (Å²) in [6, 6.07) is 62.5. The molecule has 2 heteroatoms. The molecule has 0 aliphatic rings. The zero-order valence-electron chi connectivity index (χ0n) is 26.1. The summed E-state index contributed by atoms with van der Waals surface area (Å²) in [5.74, 6) is 0. The van der Waals surface area contributed by atoms with Crippen LogP contribution in [0.4, 0.5) is 0 Å². The van der Waals surface area contributed by atoms with E-state index >= 15 is 0 Å². The molecule has 0 unspecified atom stereocenters. The minimum atomic E-state index is 1.17. The van der Waals surface area contributed by atoms with Gasteiger partial charge in [-0.2, -0.15) is 0 Å². The second kappa shape index (κ2) is 9.57. The maximum absolute atomic E-state index is 2.46. The van der Waals surface area contributed by atoms with Crippen LogP contribution in [-0.2, 0) is 0 Å². The summed E-state index contributed by atoms with van der Waals surface area (Å²) in [6.07, 6.45) is 0. The minimum Gasteiger partial charge on any atom is -0.309 e. The second-order valence-electron chi connectivity index (χ2n) is 12.9. The van der Waals surface area contributed by atoms with Gasteiger partial charge >= 0.3 is 0 Å². The van der Waals surface area contributed by atoms with Crippen molar-refractivity contribution in [2.45, 2.75) is 0 Å². The third kappa shape index (κ3) is 3.41. The second-order valence-corrected chi connectivity index (χ2v) is 12.9. The molecule has 0 spiro atoms. The number of hydrogen-bond donors (Lipinski definition) is 0. The molecule has 0 N–H and O–H groups in total. The van der Waals surface area contributed by atoms with Crippen LogP contribution in [0.15, 0.2) is 170 Å². The van der Waals surface area contributed by atoms with Crippen molar-refractivity contribution >= 4 is 75.9 Å². The zero-order valence-corrected chi connectivity index (χ0v) is 26.1. The maximum atomic E-state index is 2.46. The Morgan fingerprint density at radius 1 is 0.312 bits per heavy atom. The Balaban J connectivity index is 1.14. The van der Waals surface area contributed by atoms with Crippen molar-refractivity contribution in [3.8, 4) is 22.5 Å². The van der Waals surface area contributed by atoms with E-state index in [0.717, 1.165) is 0 Å². The summed E-state index contributed by atoms with van der Waals surface area (Å²) in [7, 11) is 0. The monoisotopic (exact) mass is 608 g/mol. The molecule has 0 bridgehead atoms. The van der Waals surface area contributed by atoms with Gasteiger partial charge in [0.2, 0.25) is 0 Å². The van der Waals surface area contributed by atoms with E-state index in [1.807, 2.05) is 0 Å². The van der Waals surface area contributed by atoms with Crippen LogP contribution in [0.5, 0.6) is 0 Å². The lowest BCUT2D eigenvalue weighted by Gasteiger charge is -2.19. The molecule has 2 heterocycles. The lowest BCUT2D eigenvalue weighted by Crippen LogP contribution is -1.98.